The fourth-order valence-electron chi connectivity index (χ4n) is 3.79. The van der Waals surface area contributed by atoms with Gasteiger partial charge in [-0.15, -0.1) is 11.3 Å². The highest BCUT2D eigenvalue weighted by Gasteiger charge is 2.38. The molecule has 1 heterocycles. The Labute approximate surface area is 127 Å². The summed E-state index contributed by atoms with van der Waals surface area (Å²) in [6.45, 7) is 9.14. The standard InChI is InChI=1S/C16H29N3S/c1-12-14(20-11-18-12)10-19(5)9-13-7-6-8-16(2,3)15(13)17-4/h11,13,15,17H,6-10H2,1-5H3. The maximum Gasteiger partial charge on any atom is 0.0798 e. The fraction of sp³-hybridized carbons (Fsp3) is 0.812. The zero-order valence-electron chi connectivity index (χ0n) is 13.6. The molecule has 0 spiro atoms. The molecule has 1 aromatic rings. The van der Waals surface area contributed by atoms with Gasteiger partial charge in [0, 0.05) is 24.0 Å². The molecule has 0 aliphatic heterocycles. The molecule has 1 saturated carbocycles. The van der Waals surface area contributed by atoms with Crippen LogP contribution in [0.2, 0.25) is 0 Å². The van der Waals surface area contributed by atoms with Crippen molar-refractivity contribution in [3.05, 3.63) is 16.1 Å². The molecule has 2 rings (SSSR count). The summed E-state index contributed by atoms with van der Waals surface area (Å²) in [5.41, 5.74) is 3.56. The van der Waals surface area contributed by atoms with E-state index in [2.05, 4.69) is 50.1 Å². The molecule has 0 bridgehead atoms. The van der Waals surface area contributed by atoms with Gasteiger partial charge in [-0.2, -0.15) is 0 Å². The lowest BCUT2D eigenvalue weighted by Crippen LogP contribution is -2.51. The third kappa shape index (κ3) is 3.60. The zero-order valence-corrected chi connectivity index (χ0v) is 14.4. The van der Waals surface area contributed by atoms with Crippen molar-refractivity contribution in [2.45, 2.75) is 52.6 Å². The Morgan fingerprint density at radius 3 is 2.85 bits per heavy atom. The maximum atomic E-state index is 4.35. The predicted octanol–water partition coefficient (Wildman–Crippen LogP) is 3.30. The summed E-state index contributed by atoms with van der Waals surface area (Å²) in [5.74, 6) is 0.752. The maximum absolute atomic E-state index is 4.35. The molecule has 1 aromatic heterocycles. The van der Waals surface area contributed by atoms with Crippen molar-refractivity contribution in [1.29, 1.82) is 0 Å². The van der Waals surface area contributed by atoms with E-state index in [1.807, 2.05) is 5.51 Å². The van der Waals surface area contributed by atoms with Crippen molar-refractivity contribution in [2.75, 3.05) is 20.6 Å². The second-order valence-electron chi connectivity index (χ2n) is 6.96. The Kier molecular flexibility index (Phi) is 5.21. The number of aromatic nitrogens is 1. The molecular formula is C16H29N3S. The normalized spacial score (nSPS) is 26.1. The van der Waals surface area contributed by atoms with Gasteiger partial charge in [-0.1, -0.05) is 20.3 Å². The van der Waals surface area contributed by atoms with Crippen LogP contribution in [0.25, 0.3) is 0 Å². The van der Waals surface area contributed by atoms with Crippen LogP contribution in [0.5, 0.6) is 0 Å². The van der Waals surface area contributed by atoms with Crippen molar-refractivity contribution in [2.24, 2.45) is 11.3 Å². The Balaban J connectivity index is 1.96. The monoisotopic (exact) mass is 295 g/mol. The minimum Gasteiger partial charge on any atom is -0.316 e. The lowest BCUT2D eigenvalue weighted by Gasteiger charge is -2.45. The lowest BCUT2D eigenvalue weighted by molar-refractivity contribution is 0.0890. The van der Waals surface area contributed by atoms with E-state index in [0.29, 0.717) is 11.5 Å². The van der Waals surface area contributed by atoms with Gasteiger partial charge in [0.15, 0.2) is 0 Å². The molecule has 114 valence electrons. The van der Waals surface area contributed by atoms with Gasteiger partial charge in [-0.25, -0.2) is 4.98 Å². The SMILES string of the molecule is CNC1C(CN(C)Cc2scnc2C)CCCC1(C)C. The van der Waals surface area contributed by atoms with Crippen LogP contribution in [0.4, 0.5) is 0 Å². The van der Waals surface area contributed by atoms with E-state index in [4.69, 9.17) is 0 Å². The van der Waals surface area contributed by atoms with Gasteiger partial charge in [0.1, 0.15) is 0 Å². The third-order valence-electron chi connectivity index (χ3n) is 4.82. The topological polar surface area (TPSA) is 28.2 Å². The molecule has 1 fully saturated rings. The summed E-state index contributed by atoms with van der Waals surface area (Å²) in [6, 6.07) is 0.626. The Hall–Kier alpha value is -0.450. The van der Waals surface area contributed by atoms with E-state index in [1.54, 1.807) is 11.3 Å². The first kappa shape index (κ1) is 15.9. The Morgan fingerprint density at radius 1 is 1.50 bits per heavy atom. The van der Waals surface area contributed by atoms with Gasteiger partial charge in [-0.05, 0) is 45.2 Å². The third-order valence-corrected chi connectivity index (χ3v) is 5.74. The zero-order chi connectivity index (χ0) is 14.8. The number of hydrogen-bond acceptors (Lipinski definition) is 4. The number of nitrogens with one attached hydrogen (secondary N) is 1. The Morgan fingerprint density at radius 2 is 2.25 bits per heavy atom. The van der Waals surface area contributed by atoms with Crippen LogP contribution < -0.4 is 5.32 Å². The molecule has 0 aromatic carbocycles. The lowest BCUT2D eigenvalue weighted by atomic mass is 9.68. The average molecular weight is 295 g/mol. The quantitative estimate of drug-likeness (QED) is 0.903. The minimum atomic E-state index is 0.416. The molecule has 1 aliphatic carbocycles. The summed E-state index contributed by atoms with van der Waals surface area (Å²) >= 11 is 1.78. The summed E-state index contributed by atoms with van der Waals surface area (Å²) < 4.78 is 0. The molecular weight excluding hydrogens is 266 g/mol. The largest absolute Gasteiger partial charge is 0.316 e. The van der Waals surface area contributed by atoms with Crippen molar-refractivity contribution in [1.82, 2.24) is 15.2 Å². The molecule has 2 unspecified atom stereocenters. The summed E-state index contributed by atoms with van der Waals surface area (Å²) in [5, 5.41) is 3.58. The van der Waals surface area contributed by atoms with Crippen LogP contribution in [0.15, 0.2) is 5.51 Å². The molecule has 1 N–H and O–H groups in total. The van der Waals surface area contributed by atoms with Gasteiger partial charge >= 0.3 is 0 Å². The van der Waals surface area contributed by atoms with E-state index in [-0.39, 0.29) is 0 Å². The highest BCUT2D eigenvalue weighted by Crippen LogP contribution is 2.39. The van der Waals surface area contributed by atoms with Gasteiger partial charge in [0.2, 0.25) is 0 Å². The summed E-state index contributed by atoms with van der Waals surface area (Å²) in [6.07, 6.45) is 4.05. The highest BCUT2D eigenvalue weighted by molar-refractivity contribution is 7.09. The van der Waals surface area contributed by atoms with E-state index < -0.39 is 0 Å². The van der Waals surface area contributed by atoms with Gasteiger partial charge in [0.25, 0.3) is 0 Å². The van der Waals surface area contributed by atoms with Gasteiger partial charge in [0.05, 0.1) is 11.2 Å². The molecule has 0 radical (unpaired) electrons. The predicted molar refractivity (Wildman–Crippen MR) is 87.2 cm³/mol. The Bertz CT molecular complexity index is 427. The van der Waals surface area contributed by atoms with Crippen molar-refractivity contribution in [3.63, 3.8) is 0 Å². The number of aryl methyl sites for hydroxylation is 1. The van der Waals surface area contributed by atoms with Crippen LogP contribution in [-0.4, -0.2) is 36.6 Å². The fourth-order valence-corrected chi connectivity index (χ4v) is 4.65. The van der Waals surface area contributed by atoms with E-state index in [9.17, 15) is 0 Å². The number of rotatable bonds is 5. The smallest absolute Gasteiger partial charge is 0.0798 e. The van der Waals surface area contributed by atoms with Crippen molar-refractivity contribution in [3.8, 4) is 0 Å². The second kappa shape index (κ2) is 6.54. The van der Waals surface area contributed by atoms with E-state index in [1.165, 1.54) is 36.4 Å². The van der Waals surface area contributed by atoms with Crippen LogP contribution in [0.1, 0.15) is 43.7 Å². The van der Waals surface area contributed by atoms with Crippen molar-refractivity contribution >= 4 is 11.3 Å². The van der Waals surface area contributed by atoms with Gasteiger partial charge in [-0.3, -0.25) is 0 Å². The number of nitrogens with zero attached hydrogens (tertiary/aromatic N) is 2. The van der Waals surface area contributed by atoms with E-state index >= 15 is 0 Å². The van der Waals surface area contributed by atoms with Crippen LogP contribution >= 0.6 is 11.3 Å². The first-order chi connectivity index (χ1) is 9.44. The van der Waals surface area contributed by atoms with Crippen molar-refractivity contribution < 1.29 is 0 Å². The highest BCUT2D eigenvalue weighted by atomic mass is 32.1. The molecule has 0 saturated heterocycles. The molecule has 0 amide bonds. The van der Waals surface area contributed by atoms with Crippen LogP contribution in [0.3, 0.4) is 0 Å². The summed E-state index contributed by atoms with van der Waals surface area (Å²) in [7, 11) is 4.37. The number of hydrogen-bond donors (Lipinski definition) is 1. The van der Waals surface area contributed by atoms with Crippen LogP contribution in [-0.2, 0) is 6.54 Å². The molecule has 20 heavy (non-hydrogen) atoms. The minimum absolute atomic E-state index is 0.416. The second-order valence-corrected chi connectivity index (χ2v) is 7.90. The van der Waals surface area contributed by atoms with Crippen LogP contribution in [0, 0.1) is 18.3 Å². The first-order valence-corrected chi connectivity index (χ1v) is 8.57. The summed E-state index contributed by atoms with van der Waals surface area (Å²) in [4.78, 5) is 8.23. The molecule has 2 atom stereocenters. The van der Waals surface area contributed by atoms with Gasteiger partial charge < -0.3 is 10.2 Å². The molecule has 4 heteroatoms. The number of thiazole rings is 1. The average Bonchev–Trinajstić information content (AvgIpc) is 2.74. The first-order valence-electron chi connectivity index (χ1n) is 7.69. The van der Waals surface area contributed by atoms with E-state index in [0.717, 1.165) is 12.5 Å². The molecule has 3 nitrogen and oxygen atoms in total. The molecule has 1 aliphatic rings.